The Balaban J connectivity index is 2.21. The molecule has 0 bridgehead atoms. The van der Waals surface area contributed by atoms with Crippen LogP contribution in [0.15, 0.2) is 77.7 Å². The number of benzene rings is 4. The summed E-state index contributed by atoms with van der Waals surface area (Å²) in [4.78, 5) is 0.640. The lowest BCUT2D eigenvalue weighted by Gasteiger charge is -2.17. The Kier molecular flexibility index (Phi) is 4.45. The summed E-state index contributed by atoms with van der Waals surface area (Å²) in [5.41, 5.74) is 1.82. The van der Waals surface area contributed by atoms with E-state index >= 15 is 0 Å². The molecule has 0 aliphatic heterocycles. The average molecular weight is 362 g/mol. The molecule has 130 valence electrons. The van der Waals surface area contributed by atoms with Crippen LogP contribution in [0.1, 0.15) is 0 Å². The molecule has 3 nitrogen and oxygen atoms in total. The van der Waals surface area contributed by atoms with E-state index in [1.165, 1.54) is 7.11 Å². The summed E-state index contributed by atoms with van der Waals surface area (Å²) in [6, 6.07) is 24.1. The topological polar surface area (TPSA) is 35.5 Å². The van der Waals surface area contributed by atoms with Crippen LogP contribution in [-0.2, 0) is 15.3 Å². The van der Waals surface area contributed by atoms with Crippen LogP contribution < -0.4 is 4.74 Å². The molecule has 26 heavy (non-hydrogen) atoms. The molecule has 0 spiro atoms. The van der Waals surface area contributed by atoms with Crippen molar-refractivity contribution in [2.24, 2.45) is 0 Å². The standard InChI is InChI=1S/C22H18O3S/c1-24-19-13-11-15-7-3-5-9-17(15)21(19)22-18-10-6-4-8-16(18)12-14-20(22)26(23)25-2/h3-14H,1-2H3. The molecule has 1 atom stereocenters. The molecule has 0 saturated carbocycles. The third kappa shape index (κ3) is 2.68. The molecule has 0 amide bonds. The molecule has 1 unspecified atom stereocenters. The number of ether oxygens (including phenoxy) is 1. The molecule has 4 aromatic carbocycles. The highest BCUT2D eigenvalue weighted by atomic mass is 32.2. The first-order valence-corrected chi connectivity index (χ1v) is 9.36. The summed E-state index contributed by atoms with van der Waals surface area (Å²) >= 11 is -1.57. The zero-order valence-corrected chi connectivity index (χ0v) is 15.4. The third-order valence-corrected chi connectivity index (χ3v) is 5.58. The van der Waals surface area contributed by atoms with Crippen LogP contribution in [0.3, 0.4) is 0 Å². The van der Waals surface area contributed by atoms with Crippen molar-refractivity contribution in [2.45, 2.75) is 4.90 Å². The van der Waals surface area contributed by atoms with Crippen LogP contribution in [0.5, 0.6) is 5.75 Å². The number of hydrogen-bond donors (Lipinski definition) is 0. The van der Waals surface area contributed by atoms with Gasteiger partial charge in [-0.25, -0.2) is 4.21 Å². The van der Waals surface area contributed by atoms with E-state index in [4.69, 9.17) is 8.92 Å². The van der Waals surface area contributed by atoms with E-state index in [2.05, 4.69) is 18.2 Å². The minimum Gasteiger partial charge on any atom is -0.496 e. The van der Waals surface area contributed by atoms with E-state index in [1.807, 2.05) is 54.6 Å². The van der Waals surface area contributed by atoms with Crippen molar-refractivity contribution in [2.75, 3.05) is 14.2 Å². The largest absolute Gasteiger partial charge is 0.496 e. The molecule has 0 fully saturated rings. The Morgan fingerprint density at radius 3 is 1.88 bits per heavy atom. The molecular formula is C22H18O3S. The van der Waals surface area contributed by atoms with E-state index in [1.54, 1.807) is 7.11 Å². The van der Waals surface area contributed by atoms with Crippen LogP contribution in [0, 0.1) is 0 Å². The number of methoxy groups -OCH3 is 1. The van der Waals surface area contributed by atoms with Crippen LogP contribution in [0.4, 0.5) is 0 Å². The fourth-order valence-electron chi connectivity index (χ4n) is 3.42. The molecule has 0 aromatic heterocycles. The highest BCUT2D eigenvalue weighted by Gasteiger charge is 2.20. The van der Waals surface area contributed by atoms with E-state index in [-0.39, 0.29) is 0 Å². The Morgan fingerprint density at radius 2 is 1.27 bits per heavy atom. The first kappa shape index (κ1) is 16.8. The predicted molar refractivity (Wildman–Crippen MR) is 107 cm³/mol. The van der Waals surface area contributed by atoms with Gasteiger partial charge in [-0.2, -0.15) is 0 Å². The van der Waals surface area contributed by atoms with Gasteiger partial charge in [-0.15, -0.1) is 0 Å². The highest BCUT2D eigenvalue weighted by molar-refractivity contribution is 7.80. The van der Waals surface area contributed by atoms with E-state index in [0.29, 0.717) is 4.90 Å². The molecule has 0 aliphatic carbocycles. The predicted octanol–water partition coefficient (Wildman–Crippen LogP) is 5.34. The van der Waals surface area contributed by atoms with Gasteiger partial charge in [0.05, 0.1) is 19.1 Å². The lowest BCUT2D eigenvalue weighted by atomic mass is 9.93. The van der Waals surface area contributed by atoms with Crippen molar-refractivity contribution in [3.63, 3.8) is 0 Å². The minimum atomic E-state index is -1.57. The molecule has 4 heteroatoms. The minimum absolute atomic E-state index is 0.640. The third-order valence-electron chi connectivity index (χ3n) is 4.58. The van der Waals surface area contributed by atoms with E-state index in [9.17, 15) is 4.21 Å². The molecule has 4 aromatic rings. The van der Waals surface area contributed by atoms with Crippen molar-refractivity contribution in [1.29, 1.82) is 0 Å². The second-order valence-corrected chi connectivity index (χ2v) is 7.17. The summed E-state index contributed by atoms with van der Waals surface area (Å²) in [7, 11) is 3.11. The molecule has 0 radical (unpaired) electrons. The van der Waals surface area contributed by atoms with Crippen molar-refractivity contribution in [3.05, 3.63) is 72.8 Å². The van der Waals surface area contributed by atoms with Gasteiger partial charge in [-0.3, -0.25) is 4.18 Å². The van der Waals surface area contributed by atoms with Gasteiger partial charge in [0.15, 0.2) is 11.1 Å². The zero-order valence-electron chi connectivity index (χ0n) is 14.6. The molecule has 0 saturated heterocycles. The second kappa shape index (κ2) is 6.90. The monoisotopic (exact) mass is 362 g/mol. The summed E-state index contributed by atoms with van der Waals surface area (Å²) in [5, 5.41) is 4.25. The average Bonchev–Trinajstić information content (AvgIpc) is 2.71. The first-order chi connectivity index (χ1) is 12.7. The van der Waals surface area contributed by atoms with Gasteiger partial charge < -0.3 is 4.74 Å². The van der Waals surface area contributed by atoms with Crippen LogP contribution >= 0.6 is 0 Å². The molecular weight excluding hydrogens is 344 g/mol. The van der Waals surface area contributed by atoms with Gasteiger partial charge in [0.2, 0.25) is 0 Å². The van der Waals surface area contributed by atoms with Crippen LogP contribution in [0.25, 0.3) is 32.7 Å². The van der Waals surface area contributed by atoms with Gasteiger partial charge in [0, 0.05) is 11.1 Å². The van der Waals surface area contributed by atoms with Gasteiger partial charge in [-0.05, 0) is 33.7 Å². The fourth-order valence-corrected chi connectivity index (χ4v) is 4.15. The fraction of sp³-hybridized carbons (Fsp3) is 0.0909. The maximum atomic E-state index is 12.6. The molecule has 0 N–H and O–H groups in total. The number of rotatable bonds is 4. The number of hydrogen-bond acceptors (Lipinski definition) is 3. The van der Waals surface area contributed by atoms with Crippen molar-refractivity contribution in [1.82, 2.24) is 0 Å². The quantitative estimate of drug-likeness (QED) is 0.492. The van der Waals surface area contributed by atoms with E-state index < -0.39 is 11.1 Å². The van der Waals surface area contributed by atoms with Crippen LogP contribution in [-0.4, -0.2) is 18.4 Å². The summed E-state index contributed by atoms with van der Waals surface area (Å²) in [6.45, 7) is 0. The lowest BCUT2D eigenvalue weighted by Crippen LogP contribution is -1.99. The smallest absolute Gasteiger partial charge is 0.189 e. The summed E-state index contributed by atoms with van der Waals surface area (Å²) < 4.78 is 23.5. The Morgan fingerprint density at radius 1 is 0.692 bits per heavy atom. The van der Waals surface area contributed by atoms with Crippen molar-refractivity contribution >= 4 is 32.6 Å². The maximum Gasteiger partial charge on any atom is 0.189 e. The molecule has 0 aliphatic rings. The Labute approximate surface area is 154 Å². The zero-order chi connectivity index (χ0) is 18.1. The van der Waals surface area contributed by atoms with Gasteiger partial charge in [0.25, 0.3) is 0 Å². The lowest BCUT2D eigenvalue weighted by molar-refractivity contribution is 0.417. The van der Waals surface area contributed by atoms with Gasteiger partial charge >= 0.3 is 0 Å². The van der Waals surface area contributed by atoms with E-state index in [0.717, 1.165) is 38.4 Å². The van der Waals surface area contributed by atoms with Crippen molar-refractivity contribution in [3.8, 4) is 16.9 Å². The second-order valence-electron chi connectivity index (χ2n) is 5.93. The number of fused-ring (bicyclic) bond motifs is 2. The summed E-state index contributed by atoms with van der Waals surface area (Å²) in [6.07, 6.45) is 0. The Bertz CT molecular complexity index is 1130. The maximum absolute atomic E-state index is 12.6. The summed E-state index contributed by atoms with van der Waals surface area (Å²) in [5.74, 6) is 0.745. The molecule has 0 heterocycles. The van der Waals surface area contributed by atoms with Crippen molar-refractivity contribution < 1.29 is 13.1 Å². The Hall–Kier alpha value is -2.69. The highest BCUT2D eigenvalue weighted by Crippen LogP contribution is 2.43. The van der Waals surface area contributed by atoms with Crippen LogP contribution in [0.2, 0.25) is 0 Å². The first-order valence-electron chi connectivity index (χ1n) is 8.28. The normalized spacial score (nSPS) is 12.4. The SMILES string of the molecule is COc1ccc2ccccc2c1-c1c(S(=O)OC)ccc2ccccc12. The van der Waals surface area contributed by atoms with Gasteiger partial charge in [0.1, 0.15) is 5.75 Å². The van der Waals surface area contributed by atoms with Gasteiger partial charge in [-0.1, -0.05) is 60.7 Å². The molecule has 4 rings (SSSR count).